The molecule has 0 bridgehead atoms. The quantitative estimate of drug-likeness (QED) is 0.544. The molecule has 3 rings (SSSR count). The van der Waals surface area contributed by atoms with Crippen LogP contribution in [0.5, 0.6) is 0 Å². The van der Waals surface area contributed by atoms with Crippen molar-refractivity contribution in [1.29, 1.82) is 0 Å². The number of halogens is 3. The Morgan fingerprint density at radius 1 is 1.17 bits per heavy atom. The number of anilines is 1. The minimum absolute atomic E-state index is 0.192. The summed E-state index contributed by atoms with van der Waals surface area (Å²) in [4.78, 5) is 16.5. The molecule has 3 nitrogen and oxygen atoms in total. The van der Waals surface area contributed by atoms with Crippen LogP contribution in [0.15, 0.2) is 40.7 Å². The van der Waals surface area contributed by atoms with Gasteiger partial charge in [0.05, 0.1) is 31.7 Å². The summed E-state index contributed by atoms with van der Waals surface area (Å²) in [6.07, 6.45) is 0. The van der Waals surface area contributed by atoms with E-state index in [-0.39, 0.29) is 11.7 Å². The van der Waals surface area contributed by atoms with E-state index in [4.69, 9.17) is 34.8 Å². The van der Waals surface area contributed by atoms with Crippen LogP contribution in [0.3, 0.4) is 0 Å². The summed E-state index contributed by atoms with van der Waals surface area (Å²) in [6.45, 7) is 0. The van der Waals surface area contributed by atoms with E-state index in [9.17, 15) is 4.79 Å². The van der Waals surface area contributed by atoms with Crippen molar-refractivity contribution in [3.63, 3.8) is 0 Å². The van der Waals surface area contributed by atoms with Gasteiger partial charge in [-0.25, -0.2) is 4.98 Å². The van der Waals surface area contributed by atoms with Crippen LogP contribution in [0.25, 0.3) is 10.2 Å². The fraction of sp³-hybridized carbons (Fsp3) is 0.0667. The molecule has 1 N–H and O–H groups in total. The molecule has 0 unspecified atom stereocenters. The van der Waals surface area contributed by atoms with Crippen LogP contribution < -0.4 is 5.32 Å². The molecule has 0 radical (unpaired) electrons. The third-order valence-corrected chi connectivity index (χ3v) is 5.93. The lowest BCUT2D eigenvalue weighted by molar-refractivity contribution is -0.113. The SMILES string of the molecule is O=C(CSc1nc2cc(Cl)ccc2s1)Nc1c(Cl)cccc1Cl. The van der Waals surface area contributed by atoms with Gasteiger partial charge in [0.25, 0.3) is 0 Å². The number of fused-ring (bicyclic) bond motifs is 1. The molecule has 8 heteroatoms. The lowest BCUT2D eigenvalue weighted by Crippen LogP contribution is -2.14. The molecule has 0 spiro atoms. The average Bonchev–Trinajstić information content (AvgIpc) is 2.91. The summed E-state index contributed by atoms with van der Waals surface area (Å²) in [6, 6.07) is 10.6. The molecule has 118 valence electrons. The topological polar surface area (TPSA) is 42.0 Å². The van der Waals surface area contributed by atoms with Crippen molar-refractivity contribution in [3.05, 3.63) is 51.5 Å². The van der Waals surface area contributed by atoms with Crippen molar-refractivity contribution in [2.45, 2.75) is 4.34 Å². The first-order valence-electron chi connectivity index (χ1n) is 6.45. The number of carbonyl (C=O) groups is 1. The molecule has 0 fully saturated rings. The number of hydrogen-bond acceptors (Lipinski definition) is 4. The van der Waals surface area contributed by atoms with Crippen molar-refractivity contribution in [1.82, 2.24) is 4.98 Å². The van der Waals surface area contributed by atoms with Crippen LogP contribution in [-0.2, 0) is 4.79 Å². The molecule has 0 aliphatic carbocycles. The number of thioether (sulfide) groups is 1. The van der Waals surface area contributed by atoms with Crippen LogP contribution in [0, 0.1) is 0 Å². The predicted octanol–water partition coefficient (Wildman–Crippen LogP) is 5.99. The molecule has 0 saturated heterocycles. The smallest absolute Gasteiger partial charge is 0.234 e. The molecule has 0 atom stereocenters. The zero-order chi connectivity index (χ0) is 16.4. The van der Waals surface area contributed by atoms with E-state index in [1.807, 2.05) is 12.1 Å². The van der Waals surface area contributed by atoms with Gasteiger partial charge in [0.1, 0.15) is 0 Å². The number of carbonyl (C=O) groups excluding carboxylic acids is 1. The molecular weight excluding hydrogens is 395 g/mol. The van der Waals surface area contributed by atoms with Crippen LogP contribution in [0.4, 0.5) is 5.69 Å². The molecule has 1 aromatic heterocycles. The number of hydrogen-bond donors (Lipinski definition) is 1. The molecular formula is C15H9Cl3N2OS2. The third-order valence-electron chi connectivity index (χ3n) is 2.88. The van der Waals surface area contributed by atoms with E-state index < -0.39 is 0 Å². The van der Waals surface area contributed by atoms with Gasteiger partial charge in [-0.1, -0.05) is 52.6 Å². The summed E-state index contributed by atoms with van der Waals surface area (Å²) in [7, 11) is 0. The molecule has 23 heavy (non-hydrogen) atoms. The Morgan fingerprint density at radius 3 is 2.65 bits per heavy atom. The van der Waals surface area contributed by atoms with E-state index in [0.717, 1.165) is 14.6 Å². The third kappa shape index (κ3) is 4.11. The number of thiazole rings is 1. The zero-order valence-corrected chi connectivity index (χ0v) is 15.4. The number of para-hydroxylation sites is 1. The highest BCUT2D eigenvalue weighted by Gasteiger charge is 2.12. The number of aromatic nitrogens is 1. The van der Waals surface area contributed by atoms with Gasteiger partial charge in [-0.15, -0.1) is 11.3 Å². The van der Waals surface area contributed by atoms with Crippen molar-refractivity contribution < 1.29 is 4.79 Å². The Balaban J connectivity index is 1.66. The van der Waals surface area contributed by atoms with E-state index in [2.05, 4.69) is 10.3 Å². The second kappa shape index (κ2) is 7.28. The second-order valence-electron chi connectivity index (χ2n) is 4.53. The van der Waals surface area contributed by atoms with Crippen molar-refractivity contribution >= 4 is 79.7 Å². The Kier molecular flexibility index (Phi) is 5.34. The Hall–Kier alpha value is -0.980. The number of nitrogens with zero attached hydrogens (tertiary/aromatic N) is 1. The van der Waals surface area contributed by atoms with E-state index >= 15 is 0 Å². The van der Waals surface area contributed by atoms with Crippen LogP contribution in [-0.4, -0.2) is 16.6 Å². The molecule has 3 aromatic rings. The summed E-state index contributed by atoms with van der Waals surface area (Å²) < 4.78 is 1.84. The average molecular weight is 404 g/mol. The standard InChI is InChI=1S/C15H9Cl3N2OS2/c16-8-4-5-12-11(6-8)19-15(23-12)22-7-13(21)20-14-9(17)2-1-3-10(14)18/h1-6H,7H2,(H,20,21). The van der Waals surface area contributed by atoms with E-state index in [0.29, 0.717) is 20.8 Å². The first-order chi connectivity index (χ1) is 11.0. The van der Waals surface area contributed by atoms with Crippen molar-refractivity contribution in [2.75, 3.05) is 11.1 Å². The van der Waals surface area contributed by atoms with Gasteiger partial charge in [0, 0.05) is 5.02 Å². The van der Waals surface area contributed by atoms with Gasteiger partial charge in [-0.3, -0.25) is 4.79 Å². The van der Waals surface area contributed by atoms with E-state index in [1.165, 1.54) is 23.1 Å². The first-order valence-corrected chi connectivity index (χ1v) is 9.39. The summed E-state index contributed by atoms with van der Waals surface area (Å²) >= 11 is 20.9. The summed E-state index contributed by atoms with van der Waals surface area (Å²) in [5.41, 5.74) is 1.26. The number of nitrogens with one attached hydrogen (secondary N) is 1. The lowest BCUT2D eigenvalue weighted by atomic mass is 10.3. The van der Waals surface area contributed by atoms with Crippen molar-refractivity contribution in [2.24, 2.45) is 0 Å². The minimum atomic E-state index is -0.192. The molecule has 2 aromatic carbocycles. The Labute approximate surface area is 156 Å². The molecule has 1 amide bonds. The van der Waals surface area contributed by atoms with E-state index in [1.54, 1.807) is 24.3 Å². The van der Waals surface area contributed by atoms with Gasteiger partial charge in [-0.05, 0) is 30.3 Å². The van der Waals surface area contributed by atoms with Crippen molar-refractivity contribution in [3.8, 4) is 0 Å². The zero-order valence-electron chi connectivity index (χ0n) is 11.5. The number of rotatable bonds is 4. The minimum Gasteiger partial charge on any atom is -0.323 e. The van der Waals surface area contributed by atoms with Crippen LogP contribution >= 0.6 is 57.9 Å². The maximum absolute atomic E-state index is 12.1. The monoisotopic (exact) mass is 402 g/mol. The normalized spacial score (nSPS) is 10.9. The Morgan fingerprint density at radius 2 is 1.91 bits per heavy atom. The highest BCUT2D eigenvalue weighted by molar-refractivity contribution is 8.01. The molecule has 0 aliphatic heterocycles. The van der Waals surface area contributed by atoms with Gasteiger partial charge in [0.15, 0.2) is 4.34 Å². The van der Waals surface area contributed by atoms with Crippen LogP contribution in [0.1, 0.15) is 0 Å². The number of benzene rings is 2. The van der Waals surface area contributed by atoms with Gasteiger partial charge in [0.2, 0.25) is 5.91 Å². The fourth-order valence-electron chi connectivity index (χ4n) is 1.86. The van der Waals surface area contributed by atoms with Gasteiger partial charge >= 0.3 is 0 Å². The molecule has 0 aliphatic rings. The highest BCUT2D eigenvalue weighted by Crippen LogP contribution is 2.32. The lowest BCUT2D eigenvalue weighted by Gasteiger charge is -2.08. The second-order valence-corrected chi connectivity index (χ2v) is 8.03. The summed E-state index contributed by atoms with van der Waals surface area (Å²) in [5.74, 6) is 0.0250. The molecule has 1 heterocycles. The Bertz CT molecular complexity index is 862. The molecule has 0 saturated carbocycles. The largest absolute Gasteiger partial charge is 0.323 e. The van der Waals surface area contributed by atoms with Gasteiger partial charge in [-0.2, -0.15) is 0 Å². The first kappa shape index (κ1) is 16.9. The van der Waals surface area contributed by atoms with Gasteiger partial charge < -0.3 is 5.32 Å². The highest BCUT2D eigenvalue weighted by atomic mass is 35.5. The van der Waals surface area contributed by atoms with Crippen LogP contribution in [0.2, 0.25) is 15.1 Å². The fourth-order valence-corrected chi connectivity index (χ4v) is 4.37. The maximum atomic E-state index is 12.1. The summed E-state index contributed by atoms with van der Waals surface area (Å²) in [5, 5.41) is 4.18. The number of amides is 1. The maximum Gasteiger partial charge on any atom is 0.234 e. The predicted molar refractivity (Wildman–Crippen MR) is 100 cm³/mol.